The number of fused-ring (bicyclic) bond motifs is 12. The van der Waals surface area contributed by atoms with Crippen LogP contribution in [0.1, 0.15) is 180 Å². The summed E-state index contributed by atoms with van der Waals surface area (Å²) in [6.45, 7) is 30.4. The van der Waals surface area contributed by atoms with Crippen molar-refractivity contribution in [2.24, 2.45) is 39.5 Å². The van der Waals surface area contributed by atoms with E-state index in [4.69, 9.17) is 37.7 Å². The van der Waals surface area contributed by atoms with Gasteiger partial charge in [-0.25, -0.2) is 38.2 Å². The molecule has 0 saturated carbocycles. The molecule has 1 unspecified atom stereocenters. The Balaban J connectivity index is 0.000000138. The largest absolute Gasteiger partial charge is 0.437 e. The molecule has 0 spiro atoms. The number of furan rings is 4. The number of hydrogen-bond donors (Lipinski definition) is 0. The van der Waals surface area contributed by atoms with E-state index in [2.05, 4.69) is 242 Å². The molecule has 0 aliphatic rings. The van der Waals surface area contributed by atoms with Crippen LogP contribution in [-0.2, 0) is 46.4 Å². The van der Waals surface area contributed by atoms with E-state index in [1.54, 1.807) is 12.1 Å². The van der Waals surface area contributed by atoms with E-state index < -0.39 is 37.8 Å². The Morgan fingerprint density at radius 3 is 1.00 bits per heavy atom. The Hall–Kier alpha value is -10.7. The predicted molar refractivity (Wildman–Crippen MR) is 444 cm³/mol. The molecule has 0 radical (unpaired) electrons. The predicted octanol–water partition coefficient (Wildman–Crippen LogP) is 22.8. The maximum atomic E-state index is 8.26. The van der Waals surface area contributed by atoms with Gasteiger partial charge in [0.1, 0.15) is 28.2 Å². The molecule has 16 aromatic rings. The third-order valence-corrected chi connectivity index (χ3v) is 21.2. The molecule has 108 heavy (non-hydrogen) atoms. The van der Waals surface area contributed by atoms with Crippen molar-refractivity contribution in [3.05, 3.63) is 236 Å². The third-order valence-electron chi connectivity index (χ3n) is 21.2. The summed E-state index contributed by atoms with van der Waals surface area (Å²) in [5, 5.41) is 7.81. The van der Waals surface area contributed by atoms with Crippen molar-refractivity contribution in [3.8, 4) is 45.0 Å². The topological polar surface area (TPSA) is 120 Å². The maximum absolute atomic E-state index is 8.26. The van der Waals surface area contributed by atoms with Gasteiger partial charge in [0.2, 0.25) is 45.6 Å². The van der Waals surface area contributed by atoms with E-state index in [9.17, 15) is 0 Å². The van der Waals surface area contributed by atoms with Gasteiger partial charge in [0.05, 0.1) is 22.3 Å². The van der Waals surface area contributed by atoms with Gasteiger partial charge >= 0.3 is 0 Å². The van der Waals surface area contributed by atoms with E-state index in [1.165, 1.54) is 69.5 Å². The van der Waals surface area contributed by atoms with Gasteiger partial charge in [0, 0.05) is 133 Å². The van der Waals surface area contributed by atoms with E-state index in [0.717, 1.165) is 127 Å². The number of nitrogens with zero attached hydrogens (tertiary/aromatic N) is 8. The van der Waals surface area contributed by atoms with E-state index >= 15 is 0 Å². The fourth-order valence-corrected chi connectivity index (χ4v) is 14.7. The average Bonchev–Trinajstić information content (AvgIpc) is 1.66. The molecule has 0 N–H and O–H groups in total. The van der Waals surface area contributed by atoms with Gasteiger partial charge in [0.25, 0.3) is 0 Å². The Kier molecular flexibility index (Phi) is 16.8. The quantitative estimate of drug-likeness (QED) is 0.138. The fraction of sp³-hybridized carbons (Fsp3) is 0.333. The minimum absolute atomic E-state index is 0.00752. The number of hydrogen-bond acceptors (Lipinski definition) is 8. The van der Waals surface area contributed by atoms with Crippen LogP contribution < -0.4 is 18.3 Å². The van der Waals surface area contributed by atoms with Gasteiger partial charge in [-0.05, 0) is 206 Å². The zero-order valence-corrected chi connectivity index (χ0v) is 67.0. The summed E-state index contributed by atoms with van der Waals surface area (Å²) in [4.78, 5) is 18.6. The number of pyridine rings is 8. The Bertz CT molecular complexity index is 6540. The molecule has 0 aliphatic heterocycles. The highest BCUT2D eigenvalue weighted by Crippen LogP contribution is 2.42. The third kappa shape index (κ3) is 14.7. The van der Waals surface area contributed by atoms with Crippen LogP contribution in [0.5, 0.6) is 0 Å². The second kappa shape index (κ2) is 29.1. The number of aromatic nitrogens is 8. The normalized spacial score (nSPS) is 14.5. The molecule has 0 aliphatic carbocycles. The molecule has 12 heteroatoms. The molecule has 12 heterocycles. The van der Waals surface area contributed by atoms with Crippen molar-refractivity contribution in [2.75, 3.05) is 0 Å². The van der Waals surface area contributed by atoms with Crippen LogP contribution in [0, 0.1) is 94.4 Å². The van der Waals surface area contributed by atoms with Crippen molar-refractivity contribution in [3.63, 3.8) is 0 Å². The van der Waals surface area contributed by atoms with Gasteiger partial charge in [-0.3, -0.25) is 0 Å². The maximum Gasteiger partial charge on any atom is 0.227 e. The van der Waals surface area contributed by atoms with Gasteiger partial charge in [-0.1, -0.05) is 118 Å². The van der Waals surface area contributed by atoms with E-state index in [1.807, 2.05) is 71.3 Å². The summed E-state index contributed by atoms with van der Waals surface area (Å²) in [5.41, 5.74) is 29.1. The van der Waals surface area contributed by atoms with Crippen molar-refractivity contribution < 1.29 is 51.0 Å². The summed E-state index contributed by atoms with van der Waals surface area (Å²) in [6.07, 6.45) is 8.35. The molecule has 12 nitrogen and oxygen atoms in total. The highest BCUT2D eigenvalue weighted by molar-refractivity contribution is 6.12. The SMILES string of the molecule is Cc1cc(-c2c(C)ccc3c2oc2nc(C(C)(C)C)ccc23)[n+](C)cc1C.[2H]C(C)(C)c1ccc2c(n1)oc1c(-c3cc(C)c(C)c[n+]3C)c(C)ccc12.[2H]C([2H])([2H])C(C)(Cc1ccc2c(n1)oc1c(-c3cc(C)c(C)c[n+]3C)c(C)ccc12)C([2H])([2H])[2H].[2H]C([2H])([2H])C([2H])(C)Cc1ccc2c(n1)oc1c(-c3cc(C)c(C)c[n+]3C)c(C)ccc12. The zero-order valence-electron chi connectivity index (χ0n) is 78.0. The molecule has 1 atom stereocenters. The van der Waals surface area contributed by atoms with Crippen LogP contribution >= 0.6 is 0 Å². The van der Waals surface area contributed by atoms with Crippen LogP contribution in [0.4, 0.5) is 0 Å². The molecular formula is C96H108N8O4+4. The second-order valence-electron chi connectivity index (χ2n) is 31.6. The first-order chi connectivity index (χ1) is 55.4. The fourth-order valence-electron chi connectivity index (χ4n) is 14.7. The highest BCUT2D eigenvalue weighted by Gasteiger charge is 2.29. The van der Waals surface area contributed by atoms with E-state index in [-0.39, 0.29) is 18.3 Å². The monoisotopic (exact) mass is 1450 g/mol. The van der Waals surface area contributed by atoms with Crippen molar-refractivity contribution in [1.82, 2.24) is 19.9 Å². The van der Waals surface area contributed by atoms with Gasteiger partial charge in [0.15, 0.2) is 47.1 Å². The first-order valence-electron chi connectivity index (χ1n) is 42.6. The van der Waals surface area contributed by atoms with Crippen molar-refractivity contribution in [2.45, 2.75) is 176 Å². The van der Waals surface area contributed by atoms with Crippen LogP contribution in [0.3, 0.4) is 0 Å². The summed E-state index contributed by atoms with van der Waals surface area (Å²) in [7, 11) is 8.20. The van der Waals surface area contributed by atoms with E-state index in [0.29, 0.717) is 39.8 Å². The first-order valence-corrected chi connectivity index (χ1v) is 37.1. The molecule has 4 aromatic carbocycles. The Morgan fingerprint density at radius 2 is 0.667 bits per heavy atom. The standard InChI is InChI=1S/C25H29N2O.2C24H27N2O.C23H25N2O/c1-15-8-10-19-20-11-9-18(13-25(4,5)6)26-24(20)28-23(19)22(15)21-12-16(2)17(3)14-27(21)7;1-14-8-9-17-18-10-11-20(24(4,5)6)25-23(18)27-22(17)21(14)19-12-15(2)16(3)13-26(19)7;1-14(2)11-18-8-10-20-19-9-7-15(3)22(23(19)27-24(20)25-18)21-12-16(4)17(5)13-26(21)6;1-13(2)19-10-9-18-17-8-7-14(3)21(22(17)26-23(18)24-19)20-11-15(4)16(5)12-25(20)6/h8-12,14H,13H2,1-7H3;8-13H,1-7H3;7-10,12-14H,11H2,1-6H3;7-13H,1-6H3/q4*+1/i4D3,5D3;;1D3,14D;13D. The Morgan fingerprint density at radius 1 is 0.361 bits per heavy atom. The highest BCUT2D eigenvalue weighted by atomic mass is 16.4. The van der Waals surface area contributed by atoms with Gasteiger partial charge in [-0.15, -0.1) is 0 Å². The smallest absolute Gasteiger partial charge is 0.227 e. The number of benzene rings is 4. The molecule has 0 amide bonds. The van der Waals surface area contributed by atoms with Crippen LogP contribution in [0.2, 0.25) is 0 Å². The minimum atomic E-state index is -2.68. The number of aryl methyl sites for hydroxylation is 16. The lowest BCUT2D eigenvalue weighted by atomic mass is 9.90. The summed E-state index contributed by atoms with van der Waals surface area (Å²) in [6, 6.07) is 41.0. The molecular weight excluding hydrogens is 1330 g/mol. The number of rotatable bonds is 8. The first kappa shape index (κ1) is 62.3. The van der Waals surface area contributed by atoms with Crippen molar-refractivity contribution in [1.29, 1.82) is 0 Å². The molecule has 12 aromatic heterocycles. The van der Waals surface area contributed by atoms with Crippen LogP contribution in [-0.4, -0.2) is 19.9 Å². The lowest BCUT2D eigenvalue weighted by Gasteiger charge is -2.16. The molecule has 0 saturated heterocycles. The minimum Gasteiger partial charge on any atom is -0.437 e. The zero-order chi connectivity index (χ0) is 86.9. The lowest BCUT2D eigenvalue weighted by molar-refractivity contribution is -0.660. The molecule has 0 fully saturated rings. The summed E-state index contributed by atoms with van der Waals surface area (Å²) in [5.74, 6) is -2.37. The van der Waals surface area contributed by atoms with Crippen LogP contribution in [0.15, 0.2) is 164 Å². The van der Waals surface area contributed by atoms with Crippen molar-refractivity contribution >= 4 is 88.3 Å². The van der Waals surface area contributed by atoms with Gasteiger partial charge in [-0.2, -0.15) is 0 Å². The van der Waals surface area contributed by atoms with Crippen LogP contribution in [0.25, 0.3) is 133 Å². The Labute approximate surface area is 652 Å². The van der Waals surface area contributed by atoms with Gasteiger partial charge < -0.3 is 17.7 Å². The second-order valence-corrected chi connectivity index (χ2v) is 31.6. The lowest BCUT2D eigenvalue weighted by Crippen LogP contribution is -2.31. The molecule has 16 rings (SSSR count). The summed E-state index contributed by atoms with van der Waals surface area (Å²) >= 11 is 0. The average molecular weight is 1450 g/mol. The summed E-state index contributed by atoms with van der Waals surface area (Å²) < 4.78 is 120. The molecule has 0 bridgehead atoms. The molecule has 552 valence electrons.